The van der Waals surface area contributed by atoms with Crippen molar-refractivity contribution < 1.29 is 14.0 Å². The van der Waals surface area contributed by atoms with Gasteiger partial charge in [0.05, 0.1) is 6.10 Å². The van der Waals surface area contributed by atoms with Gasteiger partial charge in [-0.1, -0.05) is 48.9 Å². The fourth-order valence-electron chi connectivity index (χ4n) is 3.17. The average Bonchev–Trinajstić information content (AvgIpc) is 2.94. The van der Waals surface area contributed by atoms with E-state index in [2.05, 4.69) is 48.9 Å². The fourth-order valence-corrected chi connectivity index (χ4v) is 6.91. The smallest absolute Gasteiger partial charge is 0.193 e. The number of rotatable bonds is 8. The average molecular weight is 373 g/mol. The summed E-state index contributed by atoms with van der Waals surface area (Å²) >= 11 is 3.75. The van der Waals surface area contributed by atoms with Crippen molar-refractivity contribution >= 4 is 30.5 Å². The second kappa shape index (κ2) is 7.35. The van der Waals surface area contributed by atoms with Crippen LogP contribution >= 0.6 is 15.9 Å². The summed E-state index contributed by atoms with van der Waals surface area (Å²) in [5, 5.41) is 0. The molecule has 0 aromatic carbocycles. The van der Waals surface area contributed by atoms with E-state index in [1.807, 2.05) is 0 Å². The first-order valence-electron chi connectivity index (χ1n) is 7.94. The monoisotopic (exact) mass is 372 g/mol. The molecule has 2 rings (SSSR count). The van der Waals surface area contributed by atoms with Gasteiger partial charge in [-0.15, -0.1) is 0 Å². The Morgan fingerprint density at radius 1 is 1.29 bits per heavy atom. The zero-order valence-electron chi connectivity index (χ0n) is 13.1. The number of ether oxygens (including phenoxy) is 1. The Kier molecular flexibility index (Phi) is 6.00. The van der Waals surface area contributed by atoms with E-state index in [-0.39, 0.29) is 18.3 Å². The highest BCUT2D eigenvalue weighted by Crippen LogP contribution is 2.41. The minimum absolute atomic E-state index is 0.0147. The van der Waals surface area contributed by atoms with Gasteiger partial charge in [-0.25, -0.2) is 0 Å². The number of aldehydes is 1. The minimum atomic E-state index is -1.69. The SMILES string of the molecule is CC[Si](CC)(CC)O[C@H]1C(Br)=C(CCC=O)[C@H]2C=C[C@@H]1O2. The first kappa shape index (κ1) is 17.1. The molecule has 0 spiro atoms. The Morgan fingerprint density at radius 3 is 2.52 bits per heavy atom. The van der Waals surface area contributed by atoms with E-state index >= 15 is 0 Å². The third kappa shape index (κ3) is 3.41. The highest BCUT2D eigenvalue weighted by molar-refractivity contribution is 9.11. The first-order valence-corrected chi connectivity index (χ1v) is 11.3. The molecular formula is C16H25BrO3Si. The van der Waals surface area contributed by atoms with Crippen molar-refractivity contribution in [3.05, 3.63) is 22.2 Å². The molecule has 0 aromatic heterocycles. The van der Waals surface area contributed by atoms with Crippen molar-refractivity contribution in [1.82, 2.24) is 0 Å². The lowest BCUT2D eigenvalue weighted by atomic mass is 10.0. The molecule has 2 heterocycles. The summed E-state index contributed by atoms with van der Waals surface area (Å²) in [6.45, 7) is 6.71. The van der Waals surface area contributed by atoms with Crippen LogP contribution in [-0.4, -0.2) is 32.9 Å². The summed E-state index contributed by atoms with van der Waals surface area (Å²) in [6.07, 6.45) is 6.46. The summed E-state index contributed by atoms with van der Waals surface area (Å²) in [6, 6.07) is 3.38. The third-order valence-corrected chi connectivity index (χ3v) is 10.4. The Labute approximate surface area is 137 Å². The number of carbonyl (C=O) groups excluding carboxylic acids is 1. The van der Waals surface area contributed by atoms with Gasteiger partial charge >= 0.3 is 0 Å². The maximum atomic E-state index is 10.7. The summed E-state index contributed by atoms with van der Waals surface area (Å²) in [7, 11) is -1.69. The molecule has 0 saturated carbocycles. The molecule has 0 amide bonds. The van der Waals surface area contributed by atoms with Crippen LogP contribution in [0.2, 0.25) is 18.1 Å². The molecule has 0 saturated heterocycles. The fraction of sp³-hybridized carbons (Fsp3) is 0.688. The van der Waals surface area contributed by atoms with Crippen LogP contribution in [0, 0.1) is 0 Å². The Morgan fingerprint density at radius 2 is 1.95 bits per heavy atom. The summed E-state index contributed by atoms with van der Waals surface area (Å²) < 4.78 is 13.8. The third-order valence-electron chi connectivity index (χ3n) is 4.82. The van der Waals surface area contributed by atoms with E-state index in [9.17, 15) is 4.79 Å². The first-order chi connectivity index (χ1) is 10.1. The van der Waals surface area contributed by atoms with Gasteiger partial charge in [-0.2, -0.15) is 0 Å². The molecular weight excluding hydrogens is 348 g/mol. The summed E-state index contributed by atoms with van der Waals surface area (Å²) in [5.74, 6) is 0. The second-order valence-corrected chi connectivity index (χ2v) is 11.3. The molecule has 0 fully saturated rings. The second-order valence-electron chi connectivity index (χ2n) is 5.77. The molecule has 5 heteroatoms. The lowest BCUT2D eigenvalue weighted by molar-refractivity contribution is -0.107. The Hall–Kier alpha value is -0.233. The Bertz CT molecular complexity index is 435. The van der Waals surface area contributed by atoms with E-state index in [0.29, 0.717) is 6.42 Å². The van der Waals surface area contributed by atoms with Crippen molar-refractivity contribution in [1.29, 1.82) is 0 Å². The molecule has 0 aliphatic carbocycles. The van der Waals surface area contributed by atoms with Crippen LogP contribution in [0.4, 0.5) is 0 Å². The topological polar surface area (TPSA) is 35.5 Å². The normalized spacial score (nSPS) is 28.3. The molecule has 3 nitrogen and oxygen atoms in total. The van der Waals surface area contributed by atoms with E-state index in [4.69, 9.17) is 9.16 Å². The van der Waals surface area contributed by atoms with Crippen LogP contribution in [0.1, 0.15) is 33.6 Å². The van der Waals surface area contributed by atoms with Gasteiger partial charge < -0.3 is 14.0 Å². The predicted octanol–water partition coefficient (Wildman–Crippen LogP) is 4.34. The number of halogens is 1. The zero-order valence-corrected chi connectivity index (χ0v) is 15.7. The standard InChI is InChI=1S/C16H25BrO3Si/c1-4-21(5-2,6-3)20-16-14-10-9-13(19-14)12(15(16)17)8-7-11-18/h9-11,13-14,16H,4-8H2,1-3H3/t13-,14+,16-/m1/s1. The molecule has 0 unspecified atom stereocenters. The van der Waals surface area contributed by atoms with Crippen molar-refractivity contribution in [2.45, 2.75) is 70.1 Å². The van der Waals surface area contributed by atoms with Crippen LogP contribution in [0.5, 0.6) is 0 Å². The van der Waals surface area contributed by atoms with Gasteiger partial charge in [-0.05, 0) is 30.1 Å². The molecule has 0 N–H and O–H groups in total. The maximum absolute atomic E-state index is 10.7. The molecule has 2 aliphatic rings. The van der Waals surface area contributed by atoms with E-state index in [1.165, 1.54) is 5.57 Å². The molecule has 0 radical (unpaired) electrons. The summed E-state index contributed by atoms with van der Waals surface area (Å²) in [5.41, 5.74) is 1.17. The molecule has 0 aromatic rings. The van der Waals surface area contributed by atoms with Crippen LogP contribution in [0.3, 0.4) is 0 Å². The van der Waals surface area contributed by atoms with E-state index < -0.39 is 8.32 Å². The minimum Gasteiger partial charge on any atom is -0.406 e. The van der Waals surface area contributed by atoms with Crippen LogP contribution in [-0.2, 0) is 14.0 Å². The zero-order chi connectivity index (χ0) is 15.5. The lowest BCUT2D eigenvalue weighted by Crippen LogP contribution is -2.46. The molecule has 21 heavy (non-hydrogen) atoms. The predicted molar refractivity (Wildman–Crippen MR) is 91.1 cm³/mol. The van der Waals surface area contributed by atoms with Gasteiger partial charge in [0.2, 0.25) is 0 Å². The molecule has 2 bridgehead atoms. The van der Waals surface area contributed by atoms with Crippen molar-refractivity contribution in [2.75, 3.05) is 0 Å². The van der Waals surface area contributed by atoms with Crippen molar-refractivity contribution in [2.24, 2.45) is 0 Å². The quantitative estimate of drug-likeness (QED) is 0.361. The van der Waals surface area contributed by atoms with E-state index in [0.717, 1.165) is 35.3 Å². The number of carbonyl (C=O) groups is 1. The van der Waals surface area contributed by atoms with Crippen molar-refractivity contribution in [3.63, 3.8) is 0 Å². The van der Waals surface area contributed by atoms with Gasteiger partial charge in [0.1, 0.15) is 18.5 Å². The molecule has 2 aliphatic heterocycles. The van der Waals surface area contributed by atoms with Crippen LogP contribution in [0.25, 0.3) is 0 Å². The largest absolute Gasteiger partial charge is 0.406 e. The van der Waals surface area contributed by atoms with Crippen molar-refractivity contribution in [3.8, 4) is 0 Å². The van der Waals surface area contributed by atoms with Gasteiger partial charge in [-0.3, -0.25) is 0 Å². The highest BCUT2D eigenvalue weighted by atomic mass is 79.9. The highest BCUT2D eigenvalue weighted by Gasteiger charge is 2.42. The number of fused-ring (bicyclic) bond motifs is 2. The summed E-state index contributed by atoms with van der Waals surface area (Å²) in [4.78, 5) is 10.7. The van der Waals surface area contributed by atoms with Gasteiger partial charge in [0.25, 0.3) is 0 Å². The maximum Gasteiger partial charge on any atom is 0.193 e. The number of hydrogen-bond acceptors (Lipinski definition) is 3. The lowest BCUT2D eigenvalue weighted by Gasteiger charge is -2.39. The van der Waals surface area contributed by atoms with Gasteiger partial charge in [0.15, 0.2) is 8.32 Å². The Balaban J connectivity index is 2.25. The van der Waals surface area contributed by atoms with Gasteiger partial charge in [0, 0.05) is 10.9 Å². The molecule has 118 valence electrons. The molecule has 3 atom stereocenters. The van der Waals surface area contributed by atoms with Crippen LogP contribution < -0.4 is 0 Å². The van der Waals surface area contributed by atoms with E-state index in [1.54, 1.807) is 0 Å². The van der Waals surface area contributed by atoms with Crippen LogP contribution in [0.15, 0.2) is 22.2 Å². The number of hydrogen-bond donors (Lipinski definition) is 0.